The molecule has 4 rings (SSSR count). The highest BCUT2D eigenvalue weighted by molar-refractivity contribution is 5.48. The van der Waals surface area contributed by atoms with Crippen LogP contribution in [-0.2, 0) is 37.2 Å². The van der Waals surface area contributed by atoms with Crippen molar-refractivity contribution in [3.8, 4) is 0 Å². The van der Waals surface area contributed by atoms with E-state index in [0.717, 1.165) is 55.5 Å². The average molecular weight is 328 g/mol. The summed E-state index contributed by atoms with van der Waals surface area (Å²) in [6, 6.07) is 0.329. The van der Waals surface area contributed by atoms with Crippen molar-refractivity contribution in [3.63, 3.8) is 0 Å². The fourth-order valence-electron chi connectivity index (χ4n) is 3.70. The van der Waals surface area contributed by atoms with Crippen LogP contribution in [0.5, 0.6) is 0 Å². The minimum Gasteiger partial charge on any atom is -0.377 e. The van der Waals surface area contributed by atoms with E-state index in [4.69, 9.17) is 4.74 Å². The molecule has 7 heteroatoms. The maximum atomic E-state index is 5.13. The molecule has 7 nitrogen and oxygen atoms in total. The number of hydrogen-bond acceptors (Lipinski definition) is 6. The van der Waals surface area contributed by atoms with Gasteiger partial charge in [-0.1, -0.05) is 0 Å². The number of nitrogens with one attached hydrogen (secondary N) is 1. The van der Waals surface area contributed by atoms with Crippen LogP contribution in [-0.4, -0.2) is 37.9 Å². The zero-order valence-electron chi connectivity index (χ0n) is 14.4. The lowest BCUT2D eigenvalue weighted by Crippen LogP contribution is -2.33. The van der Waals surface area contributed by atoms with Crippen LogP contribution in [0.15, 0.2) is 0 Å². The van der Waals surface area contributed by atoms with Gasteiger partial charge in [0, 0.05) is 30.8 Å². The summed E-state index contributed by atoms with van der Waals surface area (Å²) in [5.41, 5.74) is 2.55. The summed E-state index contributed by atoms with van der Waals surface area (Å²) < 4.78 is 7.14. The number of aryl methyl sites for hydroxylation is 3. The van der Waals surface area contributed by atoms with E-state index in [9.17, 15) is 0 Å². The smallest absolute Gasteiger partial charge is 0.176 e. The molecule has 1 unspecified atom stereocenters. The van der Waals surface area contributed by atoms with Crippen LogP contribution in [0.25, 0.3) is 0 Å². The lowest BCUT2D eigenvalue weighted by atomic mass is 9.96. The summed E-state index contributed by atoms with van der Waals surface area (Å²) >= 11 is 0. The molecule has 1 atom stereocenters. The monoisotopic (exact) mass is 328 g/mol. The summed E-state index contributed by atoms with van der Waals surface area (Å²) in [6.45, 7) is 3.27. The molecule has 1 N–H and O–H groups in total. The van der Waals surface area contributed by atoms with E-state index in [0.29, 0.717) is 12.6 Å². The first-order chi connectivity index (χ1) is 11.7. The van der Waals surface area contributed by atoms with Crippen molar-refractivity contribution in [1.29, 1.82) is 0 Å². The standard InChI is InChI=1S/C17H24N6O/c1-11-18-14-6-4-3-5-13(14)17(19-11)20-12-7-8-16-21-15(10-24-2)22-23(16)9-12/h12H,3-10H2,1-2H3,(H,18,19,20). The first-order valence-electron chi connectivity index (χ1n) is 8.77. The first kappa shape index (κ1) is 15.5. The highest BCUT2D eigenvalue weighted by atomic mass is 16.5. The topological polar surface area (TPSA) is 77.8 Å². The zero-order valence-corrected chi connectivity index (χ0v) is 14.4. The molecule has 128 valence electrons. The molecular weight excluding hydrogens is 304 g/mol. The second-order valence-electron chi connectivity index (χ2n) is 6.69. The second kappa shape index (κ2) is 6.47. The van der Waals surface area contributed by atoms with Gasteiger partial charge in [0.15, 0.2) is 5.82 Å². The van der Waals surface area contributed by atoms with Crippen LogP contribution in [0.1, 0.15) is 48.0 Å². The molecular formula is C17H24N6O. The van der Waals surface area contributed by atoms with Gasteiger partial charge in [0.2, 0.25) is 0 Å². The van der Waals surface area contributed by atoms with E-state index in [1.165, 1.54) is 24.1 Å². The Balaban J connectivity index is 1.53. The predicted molar refractivity (Wildman–Crippen MR) is 89.9 cm³/mol. The van der Waals surface area contributed by atoms with Crippen molar-refractivity contribution < 1.29 is 4.74 Å². The Hall–Kier alpha value is -2.02. The van der Waals surface area contributed by atoms with Gasteiger partial charge in [0.25, 0.3) is 0 Å². The van der Waals surface area contributed by atoms with E-state index >= 15 is 0 Å². The third-order valence-electron chi connectivity index (χ3n) is 4.81. The minimum atomic E-state index is 0.329. The van der Waals surface area contributed by atoms with E-state index in [1.54, 1.807) is 7.11 Å². The van der Waals surface area contributed by atoms with Crippen LogP contribution in [0.2, 0.25) is 0 Å². The lowest BCUT2D eigenvalue weighted by molar-refractivity contribution is 0.177. The third kappa shape index (κ3) is 3.00. The molecule has 0 aromatic carbocycles. The van der Waals surface area contributed by atoms with Crippen molar-refractivity contribution in [2.24, 2.45) is 0 Å². The van der Waals surface area contributed by atoms with Crippen LogP contribution >= 0.6 is 0 Å². The molecule has 24 heavy (non-hydrogen) atoms. The van der Waals surface area contributed by atoms with Crippen molar-refractivity contribution in [2.75, 3.05) is 12.4 Å². The third-order valence-corrected chi connectivity index (χ3v) is 4.81. The van der Waals surface area contributed by atoms with Crippen molar-refractivity contribution in [1.82, 2.24) is 24.7 Å². The molecule has 2 aliphatic rings. The van der Waals surface area contributed by atoms with Crippen LogP contribution < -0.4 is 5.32 Å². The summed E-state index contributed by atoms with van der Waals surface area (Å²) in [5, 5.41) is 8.21. The highest BCUT2D eigenvalue weighted by Gasteiger charge is 2.24. The Kier molecular flexibility index (Phi) is 4.18. The van der Waals surface area contributed by atoms with Gasteiger partial charge >= 0.3 is 0 Å². The second-order valence-corrected chi connectivity index (χ2v) is 6.69. The van der Waals surface area contributed by atoms with Crippen molar-refractivity contribution in [3.05, 3.63) is 28.7 Å². The lowest BCUT2D eigenvalue weighted by Gasteiger charge is -2.26. The largest absolute Gasteiger partial charge is 0.377 e. The molecule has 0 amide bonds. The number of ether oxygens (including phenoxy) is 1. The van der Waals surface area contributed by atoms with Gasteiger partial charge < -0.3 is 10.1 Å². The SMILES string of the molecule is COCc1nc2n(n1)CC(Nc1nc(C)nc3c1CCCC3)CC2. The number of nitrogens with zero attached hydrogens (tertiary/aromatic N) is 5. The van der Waals surface area contributed by atoms with Gasteiger partial charge in [-0.25, -0.2) is 19.6 Å². The number of aromatic nitrogens is 5. The Labute approximate surface area is 141 Å². The first-order valence-corrected chi connectivity index (χ1v) is 8.77. The Morgan fingerprint density at radius 3 is 2.92 bits per heavy atom. The van der Waals surface area contributed by atoms with Gasteiger partial charge in [0.1, 0.15) is 24.1 Å². The summed E-state index contributed by atoms with van der Waals surface area (Å²) in [4.78, 5) is 13.9. The van der Waals surface area contributed by atoms with Crippen LogP contribution in [0.3, 0.4) is 0 Å². The molecule has 0 fully saturated rings. The number of fused-ring (bicyclic) bond motifs is 2. The molecule has 2 aromatic rings. The quantitative estimate of drug-likeness (QED) is 0.922. The zero-order chi connectivity index (χ0) is 16.5. The molecule has 1 aliphatic heterocycles. The molecule has 0 bridgehead atoms. The maximum Gasteiger partial charge on any atom is 0.176 e. The van der Waals surface area contributed by atoms with Crippen LogP contribution in [0.4, 0.5) is 5.82 Å². The molecule has 2 aromatic heterocycles. The molecule has 3 heterocycles. The Morgan fingerprint density at radius 2 is 2.04 bits per heavy atom. The maximum absolute atomic E-state index is 5.13. The van der Waals surface area contributed by atoms with E-state index in [-0.39, 0.29) is 0 Å². The number of rotatable bonds is 4. The molecule has 0 spiro atoms. The van der Waals surface area contributed by atoms with Gasteiger partial charge in [-0.3, -0.25) is 0 Å². The Bertz CT molecular complexity index is 741. The van der Waals surface area contributed by atoms with Gasteiger partial charge in [-0.2, -0.15) is 5.10 Å². The van der Waals surface area contributed by atoms with Gasteiger partial charge in [0.05, 0.1) is 6.54 Å². The number of methoxy groups -OCH3 is 1. The normalized spacial score (nSPS) is 19.7. The fourth-order valence-corrected chi connectivity index (χ4v) is 3.70. The summed E-state index contributed by atoms with van der Waals surface area (Å²) in [5.74, 6) is 3.71. The van der Waals surface area contributed by atoms with E-state index in [1.807, 2.05) is 11.6 Å². The average Bonchev–Trinajstić information content (AvgIpc) is 2.97. The van der Waals surface area contributed by atoms with E-state index < -0.39 is 0 Å². The van der Waals surface area contributed by atoms with Gasteiger partial charge in [-0.15, -0.1) is 0 Å². The van der Waals surface area contributed by atoms with Gasteiger partial charge in [-0.05, 0) is 39.0 Å². The highest BCUT2D eigenvalue weighted by Crippen LogP contribution is 2.27. The molecule has 0 saturated carbocycles. The molecule has 0 radical (unpaired) electrons. The van der Waals surface area contributed by atoms with E-state index in [2.05, 4.69) is 25.4 Å². The molecule has 0 saturated heterocycles. The fraction of sp³-hybridized carbons (Fsp3) is 0.647. The van der Waals surface area contributed by atoms with Crippen molar-refractivity contribution in [2.45, 2.75) is 64.6 Å². The Morgan fingerprint density at radius 1 is 1.17 bits per heavy atom. The number of anilines is 1. The summed E-state index contributed by atoms with van der Waals surface area (Å²) in [6.07, 6.45) is 6.59. The number of hydrogen-bond donors (Lipinski definition) is 1. The minimum absolute atomic E-state index is 0.329. The molecule has 1 aliphatic carbocycles. The predicted octanol–water partition coefficient (Wildman–Crippen LogP) is 1.83. The van der Waals surface area contributed by atoms with Crippen LogP contribution in [0, 0.1) is 6.92 Å². The van der Waals surface area contributed by atoms with Crippen molar-refractivity contribution >= 4 is 5.82 Å². The summed E-state index contributed by atoms with van der Waals surface area (Å²) in [7, 11) is 1.67.